The van der Waals surface area contributed by atoms with Crippen LogP contribution in [-0.2, 0) is 14.4 Å². The maximum atomic E-state index is 14.0. The molecule has 0 spiro atoms. The fourth-order valence-electron chi connectivity index (χ4n) is 4.52. The molecular formula is C23H33FN4O3. The van der Waals surface area contributed by atoms with Crippen LogP contribution in [0.1, 0.15) is 51.9 Å². The summed E-state index contributed by atoms with van der Waals surface area (Å²) in [7, 11) is 1.70. The molecule has 1 heterocycles. The van der Waals surface area contributed by atoms with E-state index in [2.05, 4.69) is 16.0 Å². The van der Waals surface area contributed by atoms with E-state index in [1.165, 1.54) is 12.1 Å². The number of hydrogen-bond acceptors (Lipinski definition) is 4. The Hall–Kier alpha value is -2.48. The standard InChI is InChI=1S/C23H33FN4O3/c1-15(25-2)21(29)27-20(16-9-4-3-5-10-16)23(31)28-14-8-13-19(28)22(30)26-18-12-7-6-11-17(18)24/h6-7,11-12,15-16,19-20,25H,3-5,8-10,13-14H2,1-2H3,(H,26,30)(H,27,29)/t15-,19-,20-/m0/s1. The Labute approximate surface area is 183 Å². The monoisotopic (exact) mass is 432 g/mol. The van der Waals surface area contributed by atoms with Crippen molar-refractivity contribution in [3.05, 3.63) is 30.1 Å². The van der Waals surface area contributed by atoms with E-state index in [0.717, 1.165) is 32.1 Å². The molecule has 0 bridgehead atoms. The molecule has 2 fully saturated rings. The molecule has 8 heteroatoms. The number of rotatable bonds is 7. The van der Waals surface area contributed by atoms with Crippen molar-refractivity contribution >= 4 is 23.4 Å². The zero-order valence-corrected chi connectivity index (χ0v) is 18.3. The van der Waals surface area contributed by atoms with Gasteiger partial charge in [-0.2, -0.15) is 0 Å². The first-order valence-electron chi connectivity index (χ1n) is 11.3. The largest absolute Gasteiger partial charge is 0.343 e. The molecular weight excluding hydrogens is 399 g/mol. The van der Waals surface area contributed by atoms with E-state index in [4.69, 9.17) is 0 Å². The minimum atomic E-state index is -0.670. The summed E-state index contributed by atoms with van der Waals surface area (Å²) in [5, 5.41) is 8.47. The number of anilines is 1. The van der Waals surface area contributed by atoms with Crippen LogP contribution in [-0.4, -0.2) is 54.3 Å². The molecule has 0 aromatic heterocycles. The van der Waals surface area contributed by atoms with E-state index in [-0.39, 0.29) is 23.4 Å². The Balaban J connectivity index is 1.75. The highest BCUT2D eigenvalue weighted by Crippen LogP contribution is 2.29. The van der Waals surface area contributed by atoms with Crippen molar-refractivity contribution in [2.45, 2.75) is 70.0 Å². The van der Waals surface area contributed by atoms with Gasteiger partial charge in [0.25, 0.3) is 0 Å². The lowest BCUT2D eigenvalue weighted by Gasteiger charge is -2.35. The van der Waals surface area contributed by atoms with Crippen LogP contribution >= 0.6 is 0 Å². The Morgan fingerprint density at radius 3 is 2.45 bits per heavy atom. The van der Waals surface area contributed by atoms with Crippen LogP contribution in [0.3, 0.4) is 0 Å². The summed E-state index contributed by atoms with van der Waals surface area (Å²) >= 11 is 0. The second-order valence-electron chi connectivity index (χ2n) is 8.55. The Bertz CT molecular complexity index is 797. The van der Waals surface area contributed by atoms with Crippen molar-refractivity contribution < 1.29 is 18.8 Å². The van der Waals surface area contributed by atoms with Crippen LogP contribution < -0.4 is 16.0 Å². The molecule has 31 heavy (non-hydrogen) atoms. The molecule has 1 saturated heterocycles. The quantitative estimate of drug-likeness (QED) is 0.617. The number of amides is 3. The number of para-hydroxylation sites is 1. The summed E-state index contributed by atoms with van der Waals surface area (Å²) in [6.07, 6.45) is 6.17. The van der Waals surface area contributed by atoms with Crippen LogP contribution in [0.15, 0.2) is 24.3 Å². The molecule has 3 rings (SSSR count). The molecule has 0 unspecified atom stereocenters. The van der Waals surface area contributed by atoms with E-state index in [0.29, 0.717) is 19.4 Å². The minimum Gasteiger partial charge on any atom is -0.343 e. The number of halogens is 1. The van der Waals surface area contributed by atoms with E-state index < -0.39 is 29.8 Å². The topological polar surface area (TPSA) is 90.5 Å². The molecule has 7 nitrogen and oxygen atoms in total. The van der Waals surface area contributed by atoms with Crippen molar-refractivity contribution in [2.24, 2.45) is 5.92 Å². The third-order valence-electron chi connectivity index (χ3n) is 6.48. The van der Waals surface area contributed by atoms with Crippen molar-refractivity contribution in [1.29, 1.82) is 0 Å². The van der Waals surface area contributed by atoms with Gasteiger partial charge in [-0.15, -0.1) is 0 Å². The molecule has 3 atom stereocenters. The normalized spacial score (nSPS) is 21.4. The highest BCUT2D eigenvalue weighted by molar-refractivity contribution is 5.99. The van der Waals surface area contributed by atoms with Crippen LogP contribution in [0.4, 0.5) is 10.1 Å². The van der Waals surface area contributed by atoms with Gasteiger partial charge in [0.05, 0.1) is 11.7 Å². The summed E-state index contributed by atoms with van der Waals surface area (Å²) in [4.78, 5) is 40.6. The minimum absolute atomic E-state index is 0.0603. The lowest BCUT2D eigenvalue weighted by Crippen LogP contribution is -2.57. The predicted molar refractivity (Wildman–Crippen MR) is 117 cm³/mol. The maximum Gasteiger partial charge on any atom is 0.247 e. The highest BCUT2D eigenvalue weighted by Gasteiger charge is 2.41. The zero-order chi connectivity index (χ0) is 22.4. The average Bonchev–Trinajstić information content (AvgIpc) is 3.28. The van der Waals surface area contributed by atoms with Gasteiger partial charge >= 0.3 is 0 Å². The molecule has 1 saturated carbocycles. The second kappa shape index (κ2) is 10.7. The van der Waals surface area contributed by atoms with Crippen molar-refractivity contribution in [2.75, 3.05) is 18.9 Å². The number of benzene rings is 1. The van der Waals surface area contributed by atoms with Crippen LogP contribution in [0, 0.1) is 11.7 Å². The first-order valence-corrected chi connectivity index (χ1v) is 11.3. The van der Waals surface area contributed by atoms with Gasteiger partial charge in [-0.05, 0) is 57.7 Å². The van der Waals surface area contributed by atoms with Crippen LogP contribution in [0.25, 0.3) is 0 Å². The Morgan fingerprint density at radius 1 is 1.06 bits per heavy atom. The molecule has 3 amide bonds. The van der Waals surface area contributed by atoms with E-state index in [1.54, 1.807) is 31.0 Å². The molecule has 1 aromatic carbocycles. The molecule has 1 aliphatic carbocycles. The third-order valence-corrected chi connectivity index (χ3v) is 6.48. The Kier molecular flexibility index (Phi) is 8.01. The second-order valence-corrected chi connectivity index (χ2v) is 8.55. The van der Waals surface area contributed by atoms with Crippen molar-refractivity contribution in [1.82, 2.24) is 15.5 Å². The van der Waals surface area contributed by atoms with E-state index in [9.17, 15) is 18.8 Å². The molecule has 1 aromatic rings. The molecule has 2 aliphatic rings. The Morgan fingerprint density at radius 2 is 1.77 bits per heavy atom. The van der Waals surface area contributed by atoms with Crippen molar-refractivity contribution in [3.63, 3.8) is 0 Å². The first kappa shape index (κ1) is 23.2. The number of nitrogens with zero attached hydrogens (tertiary/aromatic N) is 1. The zero-order valence-electron chi connectivity index (χ0n) is 18.3. The summed E-state index contributed by atoms with van der Waals surface area (Å²) in [6.45, 7) is 2.20. The number of hydrogen-bond donors (Lipinski definition) is 3. The fourth-order valence-corrected chi connectivity index (χ4v) is 4.52. The maximum absolute atomic E-state index is 14.0. The predicted octanol–water partition coefficient (Wildman–Crippen LogP) is 2.43. The van der Waals surface area contributed by atoms with E-state index in [1.807, 2.05) is 0 Å². The SMILES string of the molecule is CN[C@@H](C)C(=O)N[C@H](C(=O)N1CCC[C@H]1C(=O)Nc1ccccc1F)C1CCCCC1. The molecule has 170 valence electrons. The summed E-state index contributed by atoms with van der Waals surface area (Å²) in [5.41, 5.74) is 0.103. The molecule has 1 aliphatic heterocycles. The number of likely N-dealkylation sites (tertiary alicyclic amines) is 1. The fraction of sp³-hybridized carbons (Fsp3) is 0.609. The van der Waals surface area contributed by atoms with Gasteiger partial charge < -0.3 is 20.9 Å². The number of nitrogens with one attached hydrogen (secondary N) is 3. The third kappa shape index (κ3) is 5.61. The number of carbonyl (C=O) groups excluding carboxylic acids is 3. The lowest BCUT2D eigenvalue weighted by atomic mass is 9.83. The summed E-state index contributed by atoms with van der Waals surface area (Å²) < 4.78 is 14.0. The summed E-state index contributed by atoms with van der Waals surface area (Å²) in [5.74, 6) is -1.29. The average molecular weight is 433 g/mol. The van der Waals surface area contributed by atoms with Crippen molar-refractivity contribution in [3.8, 4) is 0 Å². The van der Waals surface area contributed by atoms with Gasteiger partial charge in [-0.3, -0.25) is 14.4 Å². The number of carbonyl (C=O) groups is 3. The van der Waals surface area contributed by atoms with Gasteiger partial charge in [0, 0.05) is 6.54 Å². The van der Waals surface area contributed by atoms with Gasteiger partial charge in [-0.25, -0.2) is 4.39 Å². The van der Waals surface area contributed by atoms with Crippen LogP contribution in [0.2, 0.25) is 0 Å². The number of likely N-dealkylation sites (N-methyl/N-ethyl adjacent to an activating group) is 1. The molecule has 0 radical (unpaired) electrons. The highest BCUT2D eigenvalue weighted by atomic mass is 19.1. The molecule has 3 N–H and O–H groups in total. The lowest BCUT2D eigenvalue weighted by molar-refractivity contribution is -0.142. The van der Waals surface area contributed by atoms with E-state index >= 15 is 0 Å². The van der Waals surface area contributed by atoms with Gasteiger partial charge in [0.2, 0.25) is 17.7 Å². The van der Waals surface area contributed by atoms with Gasteiger partial charge in [-0.1, -0.05) is 31.4 Å². The summed E-state index contributed by atoms with van der Waals surface area (Å²) in [6, 6.07) is 4.25. The first-order chi connectivity index (χ1) is 14.9. The van der Waals surface area contributed by atoms with Crippen LogP contribution in [0.5, 0.6) is 0 Å². The van der Waals surface area contributed by atoms with Gasteiger partial charge in [0.1, 0.15) is 17.9 Å². The smallest absolute Gasteiger partial charge is 0.247 e. The van der Waals surface area contributed by atoms with Gasteiger partial charge in [0.15, 0.2) is 0 Å².